The molecule has 0 aliphatic carbocycles. The van der Waals surface area contributed by atoms with Gasteiger partial charge in [-0.05, 0) is 0 Å². The third-order valence-corrected chi connectivity index (χ3v) is 2.35. The molecule has 0 atom stereocenters. The van der Waals surface area contributed by atoms with Crippen LogP contribution in [0.2, 0.25) is 0 Å². The Morgan fingerprint density at radius 2 is 1.78 bits per heavy atom. The van der Waals surface area contributed by atoms with Crippen molar-refractivity contribution < 1.29 is 50.7 Å². The molecule has 0 aromatic heterocycles. The van der Waals surface area contributed by atoms with Gasteiger partial charge in [-0.2, -0.15) is 41.5 Å². The van der Waals surface area contributed by atoms with Gasteiger partial charge in [0.15, 0.2) is 0 Å². The van der Waals surface area contributed by atoms with Crippen molar-refractivity contribution in [3.05, 3.63) is 59.7 Å². The van der Waals surface area contributed by atoms with E-state index in [0.717, 1.165) is 0 Å². The molecule has 0 spiro atoms. The van der Waals surface area contributed by atoms with Gasteiger partial charge in [0.25, 0.3) is 0 Å². The van der Waals surface area contributed by atoms with E-state index in [-0.39, 0.29) is 50.7 Å². The number of halogens is 2. The second-order valence-electron chi connectivity index (χ2n) is 3.86. The molecule has 0 nitrogen and oxygen atoms in total. The van der Waals surface area contributed by atoms with E-state index in [4.69, 9.17) is 0 Å². The first-order valence-corrected chi connectivity index (χ1v) is 5.72. The molecule has 3 heteroatoms. The molecule has 0 aliphatic rings. The molecule has 0 heterocycles. The van der Waals surface area contributed by atoms with Crippen molar-refractivity contribution >= 4 is 0 Å². The first kappa shape index (κ1) is 23.3. The summed E-state index contributed by atoms with van der Waals surface area (Å²) in [5, 5.41) is 0. The normalized spacial score (nSPS) is 7.89. The summed E-state index contributed by atoms with van der Waals surface area (Å²) in [7, 11) is 0. The fraction of sp³-hybridized carbons (Fsp3) is 0.333. The van der Waals surface area contributed by atoms with Gasteiger partial charge in [0, 0.05) is 0 Å². The topological polar surface area (TPSA) is 0 Å². The maximum absolute atomic E-state index is 2.27. The van der Waals surface area contributed by atoms with Gasteiger partial charge in [-0.3, -0.25) is 0 Å². The van der Waals surface area contributed by atoms with Gasteiger partial charge in [0.05, 0.1) is 0 Å². The van der Waals surface area contributed by atoms with Crippen molar-refractivity contribution in [2.75, 3.05) is 0 Å². The third kappa shape index (κ3) is 11.3. The zero-order valence-corrected chi connectivity index (χ0v) is 16.1. The fourth-order valence-electron chi connectivity index (χ4n) is 1.48. The van der Waals surface area contributed by atoms with E-state index in [1.54, 1.807) is 0 Å². The Balaban J connectivity index is -0.000000245. The second kappa shape index (κ2) is 15.2. The summed E-state index contributed by atoms with van der Waals surface area (Å²) in [4.78, 5) is 0. The molecule has 0 saturated heterocycles. The largest absolute Gasteiger partial charge is 4.00 e. The van der Waals surface area contributed by atoms with Crippen molar-refractivity contribution in [2.24, 2.45) is 0 Å². The Bertz CT molecular complexity index is 322. The molecule has 0 aliphatic heterocycles. The summed E-state index contributed by atoms with van der Waals surface area (Å²) in [6.45, 7) is 4.38. The predicted octanol–water partition coefficient (Wildman–Crippen LogP) is -1.53. The minimum absolute atomic E-state index is 0. The Kier molecular flexibility index (Phi) is 19.7. The monoisotopic (exact) mass is 450 g/mol. The van der Waals surface area contributed by atoms with Crippen molar-refractivity contribution in [1.29, 1.82) is 0 Å². The van der Waals surface area contributed by atoms with E-state index in [2.05, 4.69) is 32.0 Å². The Morgan fingerprint density at radius 1 is 1.17 bits per heavy atom. The predicted molar refractivity (Wildman–Crippen MR) is 67.4 cm³/mol. The van der Waals surface area contributed by atoms with Crippen LogP contribution in [0, 0.1) is 6.92 Å². The van der Waals surface area contributed by atoms with E-state index < -0.39 is 0 Å². The number of unbranched alkanes of at least 4 members (excludes halogenated alkanes) is 1. The van der Waals surface area contributed by atoms with Gasteiger partial charge in [0.2, 0.25) is 0 Å². The number of hydrogen-bond donors (Lipinski definition) is 0. The molecule has 2 rings (SSSR count). The molecule has 18 heavy (non-hydrogen) atoms. The van der Waals surface area contributed by atoms with Crippen LogP contribution in [-0.2, 0) is 32.3 Å². The van der Waals surface area contributed by atoms with Crippen LogP contribution in [-0.4, -0.2) is 0 Å². The smallest absolute Gasteiger partial charge is 1.00 e. The number of rotatable bonds is 3. The first-order chi connectivity index (χ1) is 7.33. The molecule has 98 valence electrons. The molecule has 0 saturated carbocycles. The molecule has 0 amide bonds. The summed E-state index contributed by atoms with van der Waals surface area (Å²) >= 11 is 0. The molecule has 2 aromatic rings. The minimum atomic E-state index is 0. The van der Waals surface area contributed by atoms with Gasteiger partial charge in [0.1, 0.15) is 0 Å². The minimum Gasteiger partial charge on any atom is -1.00 e. The zero-order chi connectivity index (χ0) is 10.9. The van der Waals surface area contributed by atoms with Crippen molar-refractivity contribution in [3.63, 3.8) is 0 Å². The molecule has 0 bridgehead atoms. The van der Waals surface area contributed by atoms with Gasteiger partial charge >= 0.3 is 25.8 Å². The molecule has 0 N–H and O–H groups in total. The van der Waals surface area contributed by atoms with Gasteiger partial charge < -0.3 is 24.8 Å². The van der Waals surface area contributed by atoms with Crippen molar-refractivity contribution in [1.82, 2.24) is 0 Å². The van der Waals surface area contributed by atoms with Crippen LogP contribution >= 0.6 is 0 Å². The maximum Gasteiger partial charge on any atom is 4.00 e. The van der Waals surface area contributed by atoms with Crippen LogP contribution in [0.4, 0.5) is 0 Å². The molecule has 0 radical (unpaired) electrons. The van der Waals surface area contributed by atoms with Crippen LogP contribution in [0.3, 0.4) is 0 Å². The summed E-state index contributed by atoms with van der Waals surface area (Å²) < 4.78 is 0. The number of hydrogen-bond acceptors (Lipinski definition) is 0. The van der Waals surface area contributed by atoms with Crippen LogP contribution in [0.15, 0.2) is 48.5 Å². The maximum atomic E-state index is 2.27. The molecule has 2 aromatic carbocycles. The second-order valence-corrected chi connectivity index (χ2v) is 3.86. The molecular formula is C15H20Cl2Hf. The van der Waals surface area contributed by atoms with E-state index >= 15 is 0 Å². The van der Waals surface area contributed by atoms with Crippen LogP contribution in [0.5, 0.6) is 0 Å². The molecule has 0 unspecified atom stereocenters. The molecular weight excluding hydrogens is 430 g/mol. The van der Waals surface area contributed by atoms with Gasteiger partial charge in [-0.15, -0.1) is 0 Å². The SMILES string of the molecule is CCCCc1cc[c-](C)c1.[Cl-].[Cl-].[Hf+4].c1cc[cH-]c1. The average molecular weight is 450 g/mol. The quantitative estimate of drug-likeness (QED) is 0.394. The number of aryl methyl sites for hydroxylation is 2. The molecule has 0 fully saturated rings. The van der Waals surface area contributed by atoms with Gasteiger partial charge in [-0.1, -0.05) is 33.1 Å². The van der Waals surface area contributed by atoms with Crippen LogP contribution < -0.4 is 24.8 Å². The zero-order valence-electron chi connectivity index (χ0n) is 11.0. The summed E-state index contributed by atoms with van der Waals surface area (Å²) in [5.74, 6) is 0. The van der Waals surface area contributed by atoms with Crippen molar-refractivity contribution in [3.8, 4) is 0 Å². The van der Waals surface area contributed by atoms with E-state index in [1.807, 2.05) is 30.3 Å². The Hall–Kier alpha value is 0.150. The van der Waals surface area contributed by atoms with Crippen LogP contribution in [0.25, 0.3) is 0 Å². The summed E-state index contributed by atoms with van der Waals surface area (Å²) in [5.41, 5.74) is 2.89. The van der Waals surface area contributed by atoms with E-state index in [0.29, 0.717) is 0 Å². The van der Waals surface area contributed by atoms with Crippen molar-refractivity contribution in [2.45, 2.75) is 33.1 Å². The summed E-state index contributed by atoms with van der Waals surface area (Å²) in [6, 6.07) is 16.7. The van der Waals surface area contributed by atoms with E-state index in [9.17, 15) is 0 Å². The average Bonchev–Trinajstić information content (AvgIpc) is 2.88. The summed E-state index contributed by atoms with van der Waals surface area (Å²) in [6.07, 6.45) is 3.87. The van der Waals surface area contributed by atoms with Gasteiger partial charge in [-0.25, -0.2) is 18.2 Å². The first-order valence-electron chi connectivity index (χ1n) is 5.72. The Morgan fingerprint density at radius 3 is 2.11 bits per heavy atom. The Labute approximate surface area is 143 Å². The standard InChI is InChI=1S/C10H15.C5H5.2ClH.Hf/c1-3-4-5-10-7-6-9(2)8-10;1-2-4-5-3-1;;;/h6-8H,3-5H2,1-2H3;1-5H;2*1H;/q2*-1;;;+4/p-2. The van der Waals surface area contributed by atoms with E-state index in [1.165, 1.54) is 30.4 Å². The van der Waals surface area contributed by atoms with Crippen LogP contribution in [0.1, 0.15) is 30.9 Å². The third-order valence-electron chi connectivity index (χ3n) is 2.35. The fourth-order valence-corrected chi connectivity index (χ4v) is 1.48.